The van der Waals surface area contributed by atoms with Crippen LogP contribution in [0.4, 0.5) is 4.79 Å². The monoisotopic (exact) mass is 856 g/mol. The molecule has 3 fully saturated rings. The minimum Gasteiger partial charge on any atom is -0.497 e. The fourth-order valence-corrected chi connectivity index (χ4v) is 8.69. The van der Waals surface area contributed by atoms with Crippen molar-refractivity contribution in [2.24, 2.45) is 5.92 Å². The van der Waals surface area contributed by atoms with E-state index in [2.05, 4.69) is 35.1 Å². The molecule has 1 unspecified atom stereocenters. The number of fused-ring (bicyclic) bond motifs is 1. The van der Waals surface area contributed by atoms with E-state index in [0.29, 0.717) is 40.9 Å². The maximum atomic E-state index is 14.9. The molecule has 3 aromatic rings. The standard InChI is InChI=1S/C44H52N6O10S/c1-8-20-49(38(51)10-3)26-35(46-42(55)60-43(4,5)6)40(53)50-25-30(22-36(50)39(52)47-44(24-28(44)9-2)41(54)48-61(56,57)31-17-18-31)59-37-23-33(27-14-12-11-13-15-27)45-34-21-29(58-7)16-19-32(34)37/h8-16,19,21,23,28,30-31,35-36H,1-3,17-18,20,22,24-26H2,4-7H3,(H,46,55)(H,47,52)(H,48,54)/t28-,30-,35?,36+,44-/m1/s1. The Bertz CT molecular complexity index is 2340. The quantitative estimate of drug-likeness (QED) is 0.131. The lowest BCUT2D eigenvalue weighted by Gasteiger charge is -2.32. The summed E-state index contributed by atoms with van der Waals surface area (Å²) in [5.41, 5.74) is -0.644. The van der Waals surface area contributed by atoms with Crippen LogP contribution < -0.4 is 24.8 Å². The van der Waals surface area contributed by atoms with Crippen molar-refractivity contribution in [2.75, 3.05) is 26.7 Å². The van der Waals surface area contributed by atoms with Crippen LogP contribution in [-0.2, 0) is 33.9 Å². The number of hydrogen-bond donors (Lipinski definition) is 3. The number of sulfonamides is 1. The van der Waals surface area contributed by atoms with Gasteiger partial charge in [-0.3, -0.25) is 23.9 Å². The van der Waals surface area contributed by atoms with E-state index >= 15 is 0 Å². The van der Waals surface area contributed by atoms with Gasteiger partial charge in [0, 0.05) is 42.0 Å². The van der Waals surface area contributed by atoms with Crippen LogP contribution in [0.1, 0.15) is 46.5 Å². The number of ether oxygens (including phenoxy) is 3. The highest BCUT2D eigenvalue weighted by atomic mass is 32.2. The average molecular weight is 857 g/mol. The summed E-state index contributed by atoms with van der Waals surface area (Å²) in [6.07, 6.45) is 3.01. The molecule has 2 saturated carbocycles. The molecule has 5 amide bonds. The summed E-state index contributed by atoms with van der Waals surface area (Å²) < 4.78 is 45.5. The van der Waals surface area contributed by atoms with Crippen LogP contribution in [0.2, 0.25) is 0 Å². The van der Waals surface area contributed by atoms with Crippen LogP contribution in [0.15, 0.2) is 92.6 Å². The molecule has 61 heavy (non-hydrogen) atoms. The SMILES string of the molecule is C=CCN(CC(NC(=O)OC(C)(C)C)C(=O)N1C[C@H](Oc2cc(-c3ccccc3)nc3cc(OC)ccc23)C[C@H]1C(=O)N[C@]1(C(=O)NS(=O)(=O)C2CC2)C[C@H]1C=C)C(=O)C=C. The van der Waals surface area contributed by atoms with Crippen molar-refractivity contribution in [3.63, 3.8) is 0 Å². The van der Waals surface area contributed by atoms with Gasteiger partial charge in [0.15, 0.2) is 0 Å². The Morgan fingerprint density at radius 3 is 2.38 bits per heavy atom. The van der Waals surface area contributed by atoms with E-state index < -0.39 is 80.2 Å². The van der Waals surface area contributed by atoms with Gasteiger partial charge in [-0.25, -0.2) is 18.2 Å². The highest BCUT2D eigenvalue weighted by Crippen LogP contribution is 2.45. The fourth-order valence-electron chi connectivity index (χ4n) is 7.33. The molecule has 0 radical (unpaired) electrons. The van der Waals surface area contributed by atoms with Gasteiger partial charge in [0.1, 0.15) is 40.8 Å². The van der Waals surface area contributed by atoms with Gasteiger partial charge in [-0.05, 0) is 58.2 Å². The number of alkyl carbamates (subject to hydrolysis) is 1. The predicted octanol–water partition coefficient (Wildman–Crippen LogP) is 4.02. The van der Waals surface area contributed by atoms with Crippen LogP contribution in [0.3, 0.4) is 0 Å². The summed E-state index contributed by atoms with van der Waals surface area (Å²) in [5.74, 6) is -2.61. The van der Waals surface area contributed by atoms with Gasteiger partial charge in [0.2, 0.25) is 27.7 Å². The van der Waals surface area contributed by atoms with Gasteiger partial charge in [0.05, 0.1) is 36.7 Å². The molecule has 2 aromatic carbocycles. The smallest absolute Gasteiger partial charge is 0.408 e. The first kappa shape index (κ1) is 44.3. The molecular formula is C44H52N6O10S. The topological polar surface area (TPSA) is 203 Å². The minimum absolute atomic E-state index is 0.00568. The number of rotatable bonds is 17. The fraction of sp³-hybridized carbons (Fsp3) is 0.409. The Balaban J connectivity index is 1.37. The zero-order valence-electron chi connectivity index (χ0n) is 34.7. The highest BCUT2D eigenvalue weighted by molar-refractivity contribution is 7.91. The van der Waals surface area contributed by atoms with E-state index in [1.165, 1.54) is 22.0 Å². The number of pyridine rings is 1. The first-order valence-electron chi connectivity index (χ1n) is 20.0. The molecule has 16 nitrogen and oxygen atoms in total. The molecule has 0 spiro atoms. The molecule has 17 heteroatoms. The van der Waals surface area contributed by atoms with Crippen LogP contribution in [0.5, 0.6) is 11.5 Å². The Hall–Kier alpha value is -6.23. The van der Waals surface area contributed by atoms with Crippen molar-refractivity contribution in [1.82, 2.24) is 30.1 Å². The Morgan fingerprint density at radius 2 is 1.77 bits per heavy atom. The van der Waals surface area contributed by atoms with Crippen LogP contribution >= 0.6 is 0 Å². The number of nitrogens with one attached hydrogen (secondary N) is 3. The van der Waals surface area contributed by atoms with Gasteiger partial charge in [-0.1, -0.05) is 49.1 Å². The number of nitrogens with zero attached hydrogens (tertiary/aromatic N) is 3. The molecule has 2 heterocycles. The summed E-state index contributed by atoms with van der Waals surface area (Å²) >= 11 is 0. The maximum Gasteiger partial charge on any atom is 0.408 e. The second kappa shape index (κ2) is 17.8. The lowest BCUT2D eigenvalue weighted by atomic mass is 10.1. The highest BCUT2D eigenvalue weighted by Gasteiger charge is 2.62. The van der Waals surface area contributed by atoms with E-state index in [0.717, 1.165) is 11.6 Å². The molecule has 5 atom stereocenters. The molecule has 0 bridgehead atoms. The summed E-state index contributed by atoms with van der Waals surface area (Å²) in [7, 11) is -2.43. The number of aromatic nitrogens is 1. The Kier molecular flexibility index (Phi) is 12.9. The lowest BCUT2D eigenvalue weighted by molar-refractivity contribution is -0.142. The number of methoxy groups -OCH3 is 1. The second-order valence-corrected chi connectivity index (χ2v) is 18.3. The Labute approximate surface area is 355 Å². The van der Waals surface area contributed by atoms with Crippen molar-refractivity contribution in [2.45, 2.75) is 81.0 Å². The molecule has 324 valence electrons. The minimum atomic E-state index is -3.97. The lowest BCUT2D eigenvalue weighted by Crippen LogP contribution is -2.60. The average Bonchev–Trinajstić information content (AvgIpc) is 4.15. The number of amides is 5. The third kappa shape index (κ3) is 10.2. The molecule has 3 aliphatic rings. The van der Waals surface area contributed by atoms with E-state index in [9.17, 15) is 32.4 Å². The van der Waals surface area contributed by atoms with Gasteiger partial charge in [-0.2, -0.15) is 0 Å². The van der Waals surface area contributed by atoms with Crippen molar-refractivity contribution in [3.8, 4) is 22.8 Å². The number of likely N-dealkylation sites (tertiary alicyclic amines) is 1. The van der Waals surface area contributed by atoms with Crippen molar-refractivity contribution < 1.29 is 46.6 Å². The van der Waals surface area contributed by atoms with Gasteiger partial charge >= 0.3 is 6.09 Å². The molecule has 1 saturated heterocycles. The van der Waals surface area contributed by atoms with Crippen molar-refractivity contribution in [1.29, 1.82) is 0 Å². The molecule has 3 N–H and O–H groups in total. The number of benzene rings is 2. The molecule has 1 aromatic heterocycles. The molecule has 2 aliphatic carbocycles. The second-order valence-electron chi connectivity index (χ2n) is 16.4. The molecule has 1 aliphatic heterocycles. The van der Waals surface area contributed by atoms with E-state index in [-0.39, 0.29) is 32.5 Å². The zero-order chi connectivity index (χ0) is 44.3. The number of hydrogen-bond acceptors (Lipinski definition) is 11. The summed E-state index contributed by atoms with van der Waals surface area (Å²) in [5, 5.41) is 5.29. The van der Waals surface area contributed by atoms with Crippen LogP contribution in [0, 0.1) is 5.92 Å². The van der Waals surface area contributed by atoms with Crippen molar-refractivity contribution >= 4 is 50.6 Å². The van der Waals surface area contributed by atoms with Gasteiger partial charge in [0.25, 0.3) is 5.91 Å². The molecular weight excluding hydrogens is 805 g/mol. The third-order valence-corrected chi connectivity index (χ3v) is 12.5. The van der Waals surface area contributed by atoms with Crippen molar-refractivity contribution in [3.05, 3.63) is 92.6 Å². The van der Waals surface area contributed by atoms with Crippen LogP contribution in [-0.4, -0.2) is 114 Å². The third-order valence-electron chi connectivity index (χ3n) is 10.7. The largest absolute Gasteiger partial charge is 0.497 e. The first-order valence-corrected chi connectivity index (χ1v) is 21.5. The summed E-state index contributed by atoms with van der Waals surface area (Å²) in [6, 6.07) is 13.8. The first-order chi connectivity index (χ1) is 28.9. The predicted molar refractivity (Wildman–Crippen MR) is 228 cm³/mol. The van der Waals surface area contributed by atoms with E-state index in [4.69, 9.17) is 19.2 Å². The van der Waals surface area contributed by atoms with E-state index in [1.54, 1.807) is 52.1 Å². The summed E-state index contributed by atoms with van der Waals surface area (Å²) in [6.45, 7) is 15.4. The van der Waals surface area contributed by atoms with Crippen LogP contribution in [0.25, 0.3) is 22.2 Å². The van der Waals surface area contributed by atoms with Gasteiger partial charge < -0.3 is 34.6 Å². The maximum absolute atomic E-state index is 14.9. The summed E-state index contributed by atoms with van der Waals surface area (Å²) in [4.78, 5) is 76.6. The number of carbonyl (C=O) groups is 5. The van der Waals surface area contributed by atoms with Gasteiger partial charge in [-0.15, -0.1) is 13.2 Å². The Morgan fingerprint density at radius 1 is 1.05 bits per heavy atom. The number of carbonyl (C=O) groups excluding carboxylic acids is 5. The normalized spacial score (nSPS) is 21.3. The zero-order valence-corrected chi connectivity index (χ0v) is 35.5. The molecule has 6 rings (SSSR count). The van der Waals surface area contributed by atoms with E-state index in [1.807, 2.05) is 30.3 Å².